The first-order valence-corrected chi connectivity index (χ1v) is 5.51. The summed E-state index contributed by atoms with van der Waals surface area (Å²) in [6.45, 7) is 12.3. The zero-order valence-electron chi connectivity index (χ0n) is 10.7. The Morgan fingerprint density at radius 1 is 1.00 bits per heavy atom. The smallest absolute Gasteiger partial charge is 0.0632 e. The van der Waals surface area contributed by atoms with Crippen LogP contribution in [0, 0.1) is 27.7 Å². The van der Waals surface area contributed by atoms with Crippen LogP contribution in [0.3, 0.4) is 0 Å². The van der Waals surface area contributed by atoms with Crippen LogP contribution in [0.25, 0.3) is 0 Å². The summed E-state index contributed by atoms with van der Waals surface area (Å²) in [5, 5.41) is 9.90. The molecule has 0 saturated carbocycles. The number of hydrogen-bond donors (Lipinski definition) is 1. The summed E-state index contributed by atoms with van der Waals surface area (Å²) in [5.41, 5.74) is 5.95. The van der Waals surface area contributed by atoms with Crippen LogP contribution in [0.4, 0.5) is 0 Å². The Bertz CT molecular complexity index is 344. The van der Waals surface area contributed by atoms with Crippen LogP contribution in [0.5, 0.6) is 0 Å². The number of hydrogen-bond acceptors (Lipinski definition) is 1. The van der Waals surface area contributed by atoms with E-state index in [9.17, 15) is 5.11 Å². The van der Waals surface area contributed by atoms with Gasteiger partial charge in [-0.1, -0.05) is 6.07 Å². The van der Waals surface area contributed by atoms with Crippen LogP contribution in [0.2, 0.25) is 0 Å². The van der Waals surface area contributed by atoms with E-state index in [1.165, 1.54) is 27.8 Å². The predicted octanol–water partition coefficient (Wildman–Crippen LogP) is 3.23. The van der Waals surface area contributed by atoms with Gasteiger partial charge in [-0.3, -0.25) is 0 Å². The highest BCUT2D eigenvalue weighted by atomic mass is 16.3. The lowest BCUT2D eigenvalue weighted by Crippen LogP contribution is -2.23. The maximum Gasteiger partial charge on any atom is 0.0632 e. The fourth-order valence-electron chi connectivity index (χ4n) is 2.00. The van der Waals surface area contributed by atoms with Crippen molar-refractivity contribution in [1.82, 2.24) is 0 Å². The molecule has 0 radical (unpaired) electrons. The van der Waals surface area contributed by atoms with Crippen molar-refractivity contribution < 1.29 is 5.11 Å². The maximum atomic E-state index is 9.90. The summed E-state index contributed by atoms with van der Waals surface area (Å²) in [4.78, 5) is 0. The van der Waals surface area contributed by atoms with Gasteiger partial charge >= 0.3 is 0 Å². The summed E-state index contributed by atoms with van der Waals surface area (Å²) < 4.78 is 0. The molecule has 0 heterocycles. The summed E-state index contributed by atoms with van der Waals surface area (Å²) in [7, 11) is 0. The SMILES string of the molecule is Cc1cc(C)c(C)c(CC(C)(C)O)c1C. The monoisotopic (exact) mass is 206 g/mol. The Hall–Kier alpha value is -0.820. The summed E-state index contributed by atoms with van der Waals surface area (Å²) in [6, 6.07) is 2.22. The lowest BCUT2D eigenvalue weighted by molar-refractivity contribution is 0.0806. The molecule has 0 spiro atoms. The molecule has 0 saturated heterocycles. The molecule has 0 atom stereocenters. The molecule has 0 aliphatic rings. The minimum atomic E-state index is -0.629. The minimum absolute atomic E-state index is 0.629. The molecular formula is C14H22O. The van der Waals surface area contributed by atoms with Gasteiger partial charge in [-0.25, -0.2) is 0 Å². The molecule has 1 nitrogen and oxygen atoms in total. The molecule has 1 N–H and O–H groups in total. The molecule has 1 aromatic rings. The molecule has 1 heteroatoms. The highest BCUT2D eigenvalue weighted by Gasteiger charge is 2.18. The largest absolute Gasteiger partial charge is 0.390 e. The Morgan fingerprint density at radius 3 is 1.73 bits per heavy atom. The summed E-state index contributed by atoms with van der Waals surface area (Å²) in [5.74, 6) is 0. The third-order valence-electron chi connectivity index (χ3n) is 3.13. The van der Waals surface area contributed by atoms with Crippen molar-refractivity contribution in [1.29, 1.82) is 0 Å². The van der Waals surface area contributed by atoms with Crippen molar-refractivity contribution >= 4 is 0 Å². The normalized spacial score (nSPS) is 11.9. The molecule has 0 bridgehead atoms. The van der Waals surface area contributed by atoms with Crippen LogP contribution in [-0.2, 0) is 6.42 Å². The van der Waals surface area contributed by atoms with Crippen LogP contribution in [0.1, 0.15) is 41.7 Å². The third kappa shape index (κ3) is 2.82. The molecule has 1 aromatic carbocycles. The van der Waals surface area contributed by atoms with Gasteiger partial charge in [-0.2, -0.15) is 0 Å². The fourth-order valence-corrected chi connectivity index (χ4v) is 2.00. The molecule has 84 valence electrons. The zero-order chi connectivity index (χ0) is 11.8. The quantitative estimate of drug-likeness (QED) is 0.787. The van der Waals surface area contributed by atoms with Crippen molar-refractivity contribution in [2.75, 3.05) is 0 Å². The van der Waals surface area contributed by atoms with E-state index in [0.29, 0.717) is 0 Å². The molecule has 0 aromatic heterocycles. The lowest BCUT2D eigenvalue weighted by atomic mass is 9.87. The van der Waals surface area contributed by atoms with Crippen molar-refractivity contribution in [2.45, 2.75) is 53.6 Å². The number of aliphatic hydroxyl groups is 1. The molecule has 1 rings (SSSR count). The molecule has 0 unspecified atom stereocenters. The topological polar surface area (TPSA) is 20.2 Å². The van der Waals surface area contributed by atoms with Crippen LogP contribution < -0.4 is 0 Å². The van der Waals surface area contributed by atoms with E-state index in [1.54, 1.807) is 0 Å². The average Bonchev–Trinajstić information content (AvgIpc) is 2.08. The van der Waals surface area contributed by atoms with Gasteiger partial charge in [0.15, 0.2) is 0 Å². The van der Waals surface area contributed by atoms with Gasteiger partial charge in [0.1, 0.15) is 0 Å². The molecule has 0 amide bonds. The van der Waals surface area contributed by atoms with E-state index in [1.807, 2.05) is 13.8 Å². The van der Waals surface area contributed by atoms with Gasteiger partial charge in [0.05, 0.1) is 5.60 Å². The van der Waals surface area contributed by atoms with Crippen LogP contribution in [-0.4, -0.2) is 10.7 Å². The fraction of sp³-hybridized carbons (Fsp3) is 0.571. The van der Waals surface area contributed by atoms with Crippen molar-refractivity contribution in [3.8, 4) is 0 Å². The number of benzene rings is 1. The first-order chi connectivity index (χ1) is 6.72. The van der Waals surface area contributed by atoms with Crippen molar-refractivity contribution in [2.24, 2.45) is 0 Å². The van der Waals surface area contributed by atoms with Gasteiger partial charge in [-0.15, -0.1) is 0 Å². The van der Waals surface area contributed by atoms with Gasteiger partial charge in [-0.05, 0) is 69.4 Å². The molecule has 15 heavy (non-hydrogen) atoms. The predicted molar refractivity (Wildman–Crippen MR) is 65.4 cm³/mol. The third-order valence-corrected chi connectivity index (χ3v) is 3.13. The molecule has 0 fully saturated rings. The second-order valence-corrected chi connectivity index (χ2v) is 5.23. The van der Waals surface area contributed by atoms with E-state index in [0.717, 1.165) is 6.42 Å². The Labute approximate surface area is 93.1 Å². The first-order valence-electron chi connectivity index (χ1n) is 5.51. The van der Waals surface area contributed by atoms with E-state index >= 15 is 0 Å². The van der Waals surface area contributed by atoms with E-state index < -0.39 is 5.60 Å². The second-order valence-electron chi connectivity index (χ2n) is 5.23. The Kier molecular flexibility index (Phi) is 3.25. The van der Waals surface area contributed by atoms with E-state index in [4.69, 9.17) is 0 Å². The zero-order valence-corrected chi connectivity index (χ0v) is 10.7. The number of aryl methyl sites for hydroxylation is 2. The highest BCUT2D eigenvalue weighted by molar-refractivity contribution is 5.44. The molecular weight excluding hydrogens is 184 g/mol. The Balaban J connectivity index is 3.27. The standard InChI is InChI=1S/C14H22O/c1-9-7-10(2)12(4)13(11(9)3)8-14(5,6)15/h7,15H,8H2,1-6H3. The summed E-state index contributed by atoms with van der Waals surface area (Å²) in [6.07, 6.45) is 0.729. The second kappa shape index (κ2) is 3.97. The van der Waals surface area contributed by atoms with Gasteiger partial charge in [0.2, 0.25) is 0 Å². The van der Waals surface area contributed by atoms with Crippen LogP contribution in [0.15, 0.2) is 6.07 Å². The molecule has 0 aliphatic heterocycles. The van der Waals surface area contributed by atoms with Crippen LogP contribution >= 0.6 is 0 Å². The minimum Gasteiger partial charge on any atom is -0.390 e. The highest BCUT2D eigenvalue weighted by Crippen LogP contribution is 2.25. The Morgan fingerprint density at radius 2 is 1.40 bits per heavy atom. The van der Waals surface area contributed by atoms with Gasteiger partial charge < -0.3 is 5.11 Å². The summed E-state index contributed by atoms with van der Waals surface area (Å²) >= 11 is 0. The average molecular weight is 206 g/mol. The lowest BCUT2D eigenvalue weighted by Gasteiger charge is -2.22. The van der Waals surface area contributed by atoms with Gasteiger partial charge in [0.25, 0.3) is 0 Å². The maximum absolute atomic E-state index is 9.90. The van der Waals surface area contributed by atoms with E-state index in [-0.39, 0.29) is 0 Å². The van der Waals surface area contributed by atoms with Gasteiger partial charge in [0, 0.05) is 6.42 Å². The first kappa shape index (κ1) is 12.3. The molecule has 0 aliphatic carbocycles. The van der Waals surface area contributed by atoms with Crippen molar-refractivity contribution in [3.63, 3.8) is 0 Å². The van der Waals surface area contributed by atoms with Crippen molar-refractivity contribution in [3.05, 3.63) is 33.9 Å². The van der Waals surface area contributed by atoms with E-state index in [2.05, 4.69) is 33.8 Å². The number of rotatable bonds is 2.